The molecule has 1 heterocycles. The standard InChI is InChI=1S/C7H15NO.ClH/c1-3-7(2)6-8-4-5-9-7;/h8H,3-6H2,1-2H3;1H. The van der Waals surface area contributed by atoms with E-state index in [2.05, 4.69) is 19.2 Å². The number of nitrogens with two attached hydrogens (primary N) is 1. The summed E-state index contributed by atoms with van der Waals surface area (Å²) in [5.41, 5.74) is 0.165. The highest BCUT2D eigenvalue weighted by Gasteiger charge is 2.27. The van der Waals surface area contributed by atoms with Crippen molar-refractivity contribution < 1.29 is 22.5 Å². The summed E-state index contributed by atoms with van der Waals surface area (Å²) < 4.78 is 5.58. The molecule has 0 aliphatic carbocycles. The van der Waals surface area contributed by atoms with Gasteiger partial charge in [-0.3, -0.25) is 0 Å². The van der Waals surface area contributed by atoms with Crippen LogP contribution < -0.4 is 17.7 Å². The van der Waals surface area contributed by atoms with Crippen LogP contribution in [-0.4, -0.2) is 25.3 Å². The molecule has 62 valence electrons. The van der Waals surface area contributed by atoms with E-state index in [4.69, 9.17) is 4.74 Å². The van der Waals surface area contributed by atoms with Crippen LogP contribution in [0, 0.1) is 0 Å². The summed E-state index contributed by atoms with van der Waals surface area (Å²) in [5.74, 6) is 0. The van der Waals surface area contributed by atoms with E-state index in [1.165, 1.54) is 0 Å². The lowest BCUT2D eigenvalue weighted by Crippen LogP contribution is -3.00. The molecule has 10 heavy (non-hydrogen) atoms. The van der Waals surface area contributed by atoms with E-state index >= 15 is 0 Å². The monoisotopic (exact) mass is 165 g/mol. The van der Waals surface area contributed by atoms with Crippen molar-refractivity contribution in [3.63, 3.8) is 0 Å². The molecule has 1 unspecified atom stereocenters. The van der Waals surface area contributed by atoms with Crippen LogP contribution >= 0.6 is 0 Å². The largest absolute Gasteiger partial charge is 1.00 e. The first-order chi connectivity index (χ1) is 4.27. The van der Waals surface area contributed by atoms with Gasteiger partial charge in [0, 0.05) is 0 Å². The second-order valence-corrected chi connectivity index (χ2v) is 2.93. The van der Waals surface area contributed by atoms with Gasteiger partial charge in [-0.2, -0.15) is 0 Å². The van der Waals surface area contributed by atoms with Crippen LogP contribution in [0.2, 0.25) is 0 Å². The molecular weight excluding hydrogens is 150 g/mol. The summed E-state index contributed by atoms with van der Waals surface area (Å²) in [4.78, 5) is 0. The van der Waals surface area contributed by atoms with Crippen molar-refractivity contribution in [3.8, 4) is 0 Å². The molecular formula is C7H16ClNO. The Morgan fingerprint density at radius 3 is 2.60 bits per heavy atom. The zero-order valence-corrected chi connectivity index (χ0v) is 7.45. The van der Waals surface area contributed by atoms with Crippen LogP contribution in [0.25, 0.3) is 0 Å². The highest BCUT2D eigenvalue weighted by Crippen LogP contribution is 2.12. The maximum atomic E-state index is 5.58. The lowest BCUT2D eigenvalue weighted by Gasteiger charge is -2.30. The Balaban J connectivity index is 0.000000810. The van der Waals surface area contributed by atoms with Gasteiger partial charge in [0.2, 0.25) is 0 Å². The third-order valence-corrected chi connectivity index (χ3v) is 2.10. The minimum Gasteiger partial charge on any atom is -1.00 e. The van der Waals surface area contributed by atoms with Crippen LogP contribution in [-0.2, 0) is 4.74 Å². The molecule has 1 rings (SSSR count). The Morgan fingerprint density at radius 1 is 1.60 bits per heavy atom. The maximum Gasteiger partial charge on any atom is 0.114 e. The molecule has 1 atom stereocenters. The molecule has 0 saturated carbocycles. The summed E-state index contributed by atoms with van der Waals surface area (Å²) in [6.07, 6.45) is 1.13. The van der Waals surface area contributed by atoms with Gasteiger partial charge in [-0.05, 0) is 13.3 Å². The molecule has 2 N–H and O–H groups in total. The van der Waals surface area contributed by atoms with Gasteiger partial charge in [0.05, 0.1) is 13.2 Å². The zero-order chi connectivity index (χ0) is 6.74. The number of morpholine rings is 1. The van der Waals surface area contributed by atoms with Crippen molar-refractivity contribution in [1.82, 2.24) is 0 Å². The molecule has 1 aliphatic rings. The Bertz CT molecular complexity index is 91.6. The van der Waals surface area contributed by atoms with Crippen LogP contribution in [0.4, 0.5) is 0 Å². The molecule has 1 aliphatic heterocycles. The summed E-state index contributed by atoms with van der Waals surface area (Å²) in [6, 6.07) is 0. The van der Waals surface area contributed by atoms with Crippen molar-refractivity contribution in [2.24, 2.45) is 0 Å². The third kappa shape index (κ3) is 2.45. The second kappa shape index (κ2) is 4.16. The number of ether oxygens (including phenoxy) is 1. The SMILES string of the molecule is CCC1(C)C[NH2+]CCO1.[Cl-]. The zero-order valence-electron chi connectivity index (χ0n) is 6.69. The molecule has 0 aromatic heterocycles. The Hall–Kier alpha value is 0.210. The first kappa shape index (κ1) is 10.2. The molecule has 0 spiro atoms. The number of quaternary nitrogens is 1. The van der Waals surface area contributed by atoms with Crippen molar-refractivity contribution in [1.29, 1.82) is 0 Å². The van der Waals surface area contributed by atoms with Gasteiger partial charge < -0.3 is 22.5 Å². The lowest BCUT2D eigenvalue weighted by molar-refractivity contribution is -0.685. The molecule has 1 fully saturated rings. The molecule has 0 radical (unpaired) electrons. The van der Waals surface area contributed by atoms with E-state index in [0.29, 0.717) is 0 Å². The molecule has 0 bridgehead atoms. The molecule has 0 aromatic carbocycles. The fraction of sp³-hybridized carbons (Fsp3) is 1.00. The van der Waals surface area contributed by atoms with Crippen LogP contribution in [0.1, 0.15) is 20.3 Å². The van der Waals surface area contributed by atoms with Gasteiger partial charge in [0.25, 0.3) is 0 Å². The maximum absolute atomic E-state index is 5.58. The van der Waals surface area contributed by atoms with E-state index in [9.17, 15) is 0 Å². The van der Waals surface area contributed by atoms with Gasteiger partial charge in [-0.25, -0.2) is 0 Å². The molecule has 0 aromatic rings. The predicted molar refractivity (Wildman–Crippen MR) is 36.3 cm³/mol. The first-order valence-electron chi connectivity index (χ1n) is 3.72. The van der Waals surface area contributed by atoms with Crippen LogP contribution in [0.3, 0.4) is 0 Å². The minimum absolute atomic E-state index is 0. The molecule has 2 nitrogen and oxygen atoms in total. The smallest absolute Gasteiger partial charge is 0.114 e. The molecule has 3 heteroatoms. The highest BCUT2D eigenvalue weighted by atomic mass is 35.5. The third-order valence-electron chi connectivity index (χ3n) is 2.10. The summed E-state index contributed by atoms with van der Waals surface area (Å²) in [5, 5.41) is 2.33. The number of hydrogen-bond acceptors (Lipinski definition) is 1. The summed E-state index contributed by atoms with van der Waals surface area (Å²) in [6.45, 7) is 7.55. The minimum atomic E-state index is 0. The van der Waals surface area contributed by atoms with Crippen LogP contribution in [0.15, 0.2) is 0 Å². The van der Waals surface area contributed by atoms with E-state index in [0.717, 1.165) is 26.1 Å². The van der Waals surface area contributed by atoms with E-state index in [1.54, 1.807) is 0 Å². The van der Waals surface area contributed by atoms with Gasteiger partial charge in [0.15, 0.2) is 0 Å². The van der Waals surface area contributed by atoms with E-state index in [1.807, 2.05) is 0 Å². The van der Waals surface area contributed by atoms with Crippen LogP contribution in [0.5, 0.6) is 0 Å². The van der Waals surface area contributed by atoms with Crippen molar-refractivity contribution in [3.05, 3.63) is 0 Å². The van der Waals surface area contributed by atoms with Gasteiger partial charge >= 0.3 is 0 Å². The first-order valence-corrected chi connectivity index (χ1v) is 3.72. The highest BCUT2D eigenvalue weighted by molar-refractivity contribution is 4.72. The lowest BCUT2D eigenvalue weighted by atomic mass is 10.0. The second-order valence-electron chi connectivity index (χ2n) is 2.93. The summed E-state index contributed by atoms with van der Waals surface area (Å²) in [7, 11) is 0. The average molecular weight is 166 g/mol. The number of halogens is 1. The number of rotatable bonds is 1. The summed E-state index contributed by atoms with van der Waals surface area (Å²) >= 11 is 0. The average Bonchev–Trinajstić information content (AvgIpc) is 1.90. The number of hydrogen-bond donors (Lipinski definition) is 1. The fourth-order valence-electron chi connectivity index (χ4n) is 1.10. The Kier molecular flexibility index (Phi) is 4.25. The normalized spacial score (nSPS) is 33.0. The molecule has 0 amide bonds. The molecule has 1 saturated heterocycles. The van der Waals surface area contributed by atoms with Crippen molar-refractivity contribution in [2.75, 3.05) is 19.7 Å². The van der Waals surface area contributed by atoms with Crippen molar-refractivity contribution >= 4 is 0 Å². The van der Waals surface area contributed by atoms with Gasteiger partial charge in [-0.15, -0.1) is 0 Å². The van der Waals surface area contributed by atoms with Gasteiger partial charge in [-0.1, -0.05) is 6.92 Å². The Labute approximate surface area is 68.7 Å². The van der Waals surface area contributed by atoms with E-state index in [-0.39, 0.29) is 18.0 Å². The fourth-order valence-corrected chi connectivity index (χ4v) is 1.10. The van der Waals surface area contributed by atoms with Gasteiger partial charge in [0.1, 0.15) is 12.1 Å². The van der Waals surface area contributed by atoms with Crippen molar-refractivity contribution in [2.45, 2.75) is 25.9 Å². The topological polar surface area (TPSA) is 25.8 Å². The quantitative estimate of drug-likeness (QED) is 0.434. The predicted octanol–water partition coefficient (Wildman–Crippen LogP) is -3.25. The van der Waals surface area contributed by atoms with E-state index < -0.39 is 0 Å². The Morgan fingerprint density at radius 2 is 2.30 bits per heavy atom.